The molecule has 6 nitrogen and oxygen atoms in total. The van der Waals surface area contributed by atoms with Gasteiger partial charge in [0.1, 0.15) is 0 Å². The first-order chi connectivity index (χ1) is 10.8. The maximum absolute atomic E-state index is 12.7. The third-order valence-corrected chi connectivity index (χ3v) is 5.86. The number of halogens is 1. The number of anilines is 1. The fourth-order valence-electron chi connectivity index (χ4n) is 2.33. The molecule has 1 aromatic rings. The average molecular weight is 376 g/mol. The van der Waals surface area contributed by atoms with E-state index < -0.39 is 10.0 Å². The predicted molar refractivity (Wildman–Crippen MR) is 94.1 cm³/mol. The van der Waals surface area contributed by atoms with Gasteiger partial charge in [0, 0.05) is 20.0 Å². The molecular weight excluding hydrogens is 358 g/mol. The van der Waals surface area contributed by atoms with Crippen molar-refractivity contribution in [1.82, 2.24) is 9.62 Å². The van der Waals surface area contributed by atoms with Crippen LogP contribution < -0.4 is 10.6 Å². The summed E-state index contributed by atoms with van der Waals surface area (Å²) in [4.78, 5) is 11.1. The highest BCUT2D eigenvalue weighted by molar-refractivity contribution is 7.89. The van der Waals surface area contributed by atoms with Gasteiger partial charge in [0.25, 0.3) is 0 Å². The van der Waals surface area contributed by atoms with Gasteiger partial charge in [0.15, 0.2) is 5.11 Å². The molecule has 2 N–H and O–H groups in total. The lowest BCUT2D eigenvalue weighted by molar-refractivity contribution is -0.117. The molecule has 0 radical (unpaired) electrons. The summed E-state index contributed by atoms with van der Waals surface area (Å²) < 4.78 is 26.8. The Morgan fingerprint density at radius 3 is 2.52 bits per heavy atom. The molecule has 0 atom stereocenters. The molecule has 126 valence electrons. The number of hydrogen-bond donors (Lipinski definition) is 2. The van der Waals surface area contributed by atoms with Crippen LogP contribution in [0, 0.1) is 0 Å². The number of nitrogens with zero attached hydrogens (tertiary/aromatic N) is 1. The molecule has 0 unspecified atom stereocenters. The second-order valence-corrected chi connectivity index (χ2v) is 8.00. The summed E-state index contributed by atoms with van der Waals surface area (Å²) >= 11 is 11.0. The third-order valence-electron chi connectivity index (χ3n) is 3.43. The first kappa shape index (κ1) is 18.1. The minimum Gasteiger partial charge on any atom is -0.331 e. The quantitative estimate of drug-likeness (QED) is 0.793. The van der Waals surface area contributed by atoms with Gasteiger partial charge in [0.2, 0.25) is 15.9 Å². The summed E-state index contributed by atoms with van der Waals surface area (Å²) in [5.41, 5.74) is 0.337. The summed E-state index contributed by atoms with van der Waals surface area (Å²) in [5.74, 6) is -0.323. The van der Waals surface area contributed by atoms with Crippen LogP contribution in [0.5, 0.6) is 0 Å². The van der Waals surface area contributed by atoms with Crippen LogP contribution in [0.15, 0.2) is 23.1 Å². The Kier molecular flexibility index (Phi) is 5.96. The van der Waals surface area contributed by atoms with Gasteiger partial charge in [-0.05, 0) is 43.3 Å². The topological polar surface area (TPSA) is 78.5 Å². The highest BCUT2D eigenvalue weighted by atomic mass is 35.5. The Hall–Kier alpha value is -1.22. The number of thiocarbonyl (C=S) groups is 1. The number of hydrogen-bond acceptors (Lipinski definition) is 4. The van der Waals surface area contributed by atoms with E-state index in [9.17, 15) is 13.2 Å². The van der Waals surface area contributed by atoms with Crippen molar-refractivity contribution >= 4 is 50.5 Å². The highest BCUT2D eigenvalue weighted by Crippen LogP contribution is 2.28. The maximum Gasteiger partial charge on any atom is 0.243 e. The van der Waals surface area contributed by atoms with E-state index in [0.717, 1.165) is 19.3 Å². The van der Waals surface area contributed by atoms with Crippen LogP contribution in [0.25, 0.3) is 0 Å². The molecule has 1 aliphatic heterocycles. The normalized spacial score (nSPS) is 15.9. The summed E-state index contributed by atoms with van der Waals surface area (Å²) in [6, 6.07) is 4.40. The molecule has 23 heavy (non-hydrogen) atoms. The Balaban J connectivity index is 2.25. The molecule has 2 rings (SSSR count). The zero-order valence-corrected chi connectivity index (χ0v) is 15.0. The van der Waals surface area contributed by atoms with Crippen molar-refractivity contribution in [1.29, 1.82) is 0 Å². The van der Waals surface area contributed by atoms with E-state index >= 15 is 0 Å². The highest BCUT2D eigenvalue weighted by Gasteiger charge is 2.26. The van der Waals surface area contributed by atoms with Gasteiger partial charge in [-0.1, -0.05) is 18.0 Å². The molecule has 1 amide bonds. The molecule has 0 aromatic heterocycles. The van der Waals surface area contributed by atoms with E-state index in [1.54, 1.807) is 0 Å². The number of nitrogens with one attached hydrogen (secondary N) is 2. The van der Waals surface area contributed by atoms with Gasteiger partial charge in [0.05, 0.1) is 15.6 Å². The number of amides is 1. The summed E-state index contributed by atoms with van der Waals surface area (Å²) in [5, 5.41) is 5.52. The number of sulfonamides is 1. The van der Waals surface area contributed by atoms with Crippen LogP contribution in [0.4, 0.5) is 5.69 Å². The van der Waals surface area contributed by atoms with Gasteiger partial charge < -0.3 is 10.6 Å². The molecule has 9 heteroatoms. The maximum atomic E-state index is 12.7. The van der Waals surface area contributed by atoms with Crippen molar-refractivity contribution in [3.05, 3.63) is 23.2 Å². The summed E-state index contributed by atoms with van der Waals surface area (Å²) in [6.45, 7) is 2.38. The summed E-state index contributed by atoms with van der Waals surface area (Å²) in [6.07, 6.45) is 2.78. The smallest absolute Gasteiger partial charge is 0.243 e. The monoisotopic (exact) mass is 375 g/mol. The SMILES string of the molecule is CC(=O)NC(=S)Nc1cc(S(=O)(=O)N2CCCCC2)ccc1Cl. The number of piperidine rings is 1. The Morgan fingerprint density at radius 2 is 1.91 bits per heavy atom. The zero-order chi connectivity index (χ0) is 17.0. The third kappa shape index (κ3) is 4.63. The molecule has 1 heterocycles. The Labute approximate surface area is 146 Å². The van der Waals surface area contributed by atoms with E-state index in [-0.39, 0.29) is 15.9 Å². The standard InChI is InChI=1S/C14H18ClN3O3S2/c1-10(19)16-14(22)17-13-9-11(5-6-12(13)15)23(20,21)18-7-3-2-4-8-18/h5-6,9H,2-4,7-8H2,1H3,(H2,16,17,19,22). The molecule has 1 aromatic carbocycles. The van der Waals surface area contributed by atoms with Crippen LogP contribution in [-0.4, -0.2) is 36.8 Å². The van der Waals surface area contributed by atoms with Crippen molar-refractivity contribution in [2.24, 2.45) is 0 Å². The first-order valence-corrected chi connectivity index (χ1v) is 9.41. The lowest BCUT2D eigenvalue weighted by atomic mass is 10.2. The molecule has 1 fully saturated rings. The first-order valence-electron chi connectivity index (χ1n) is 7.19. The summed E-state index contributed by atoms with van der Waals surface area (Å²) in [7, 11) is -3.56. The van der Waals surface area contributed by atoms with Gasteiger partial charge in [-0.3, -0.25) is 4.79 Å². The molecule has 0 bridgehead atoms. The molecule has 1 aliphatic rings. The number of rotatable bonds is 3. The Bertz CT molecular complexity index is 716. The number of carbonyl (C=O) groups is 1. The lowest BCUT2D eigenvalue weighted by Gasteiger charge is -2.26. The van der Waals surface area contributed by atoms with E-state index in [1.807, 2.05) is 0 Å². The molecule has 0 saturated carbocycles. The van der Waals surface area contributed by atoms with Crippen molar-refractivity contribution in [2.75, 3.05) is 18.4 Å². The largest absolute Gasteiger partial charge is 0.331 e. The van der Waals surface area contributed by atoms with Crippen molar-refractivity contribution in [3.8, 4) is 0 Å². The van der Waals surface area contributed by atoms with E-state index in [2.05, 4.69) is 10.6 Å². The second kappa shape index (κ2) is 7.57. The minimum absolute atomic E-state index is 0.0620. The van der Waals surface area contributed by atoms with E-state index in [1.165, 1.54) is 29.4 Å². The molecule has 0 spiro atoms. The zero-order valence-electron chi connectivity index (χ0n) is 12.6. The van der Waals surface area contributed by atoms with Gasteiger partial charge >= 0.3 is 0 Å². The van der Waals surface area contributed by atoms with Crippen LogP contribution >= 0.6 is 23.8 Å². The van der Waals surface area contributed by atoms with Gasteiger partial charge in [-0.15, -0.1) is 0 Å². The van der Waals surface area contributed by atoms with Crippen LogP contribution in [-0.2, 0) is 14.8 Å². The van der Waals surface area contributed by atoms with Crippen molar-refractivity contribution < 1.29 is 13.2 Å². The van der Waals surface area contributed by atoms with Crippen molar-refractivity contribution in [2.45, 2.75) is 31.1 Å². The van der Waals surface area contributed by atoms with Crippen LogP contribution in [0.3, 0.4) is 0 Å². The van der Waals surface area contributed by atoms with Gasteiger partial charge in [-0.25, -0.2) is 8.42 Å². The average Bonchev–Trinajstić information content (AvgIpc) is 2.49. The van der Waals surface area contributed by atoms with Crippen LogP contribution in [0.1, 0.15) is 26.2 Å². The molecular formula is C14H18ClN3O3S2. The van der Waals surface area contributed by atoms with Crippen LogP contribution in [0.2, 0.25) is 5.02 Å². The lowest BCUT2D eigenvalue weighted by Crippen LogP contribution is -2.35. The number of carbonyl (C=O) groups excluding carboxylic acids is 1. The Morgan fingerprint density at radius 1 is 1.26 bits per heavy atom. The minimum atomic E-state index is -3.56. The van der Waals surface area contributed by atoms with E-state index in [0.29, 0.717) is 23.8 Å². The molecule has 0 aliphatic carbocycles. The number of benzene rings is 1. The predicted octanol–water partition coefficient (Wildman–Crippen LogP) is 2.35. The fraction of sp³-hybridized carbons (Fsp3) is 0.429. The molecule has 1 saturated heterocycles. The van der Waals surface area contributed by atoms with Gasteiger partial charge in [-0.2, -0.15) is 4.31 Å². The second-order valence-electron chi connectivity index (χ2n) is 5.24. The van der Waals surface area contributed by atoms with Crippen molar-refractivity contribution in [3.63, 3.8) is 0 Å². The fourth-order valence-corrected chi connectivity index (χ4v) is 4.29. The van der Waals surface area contributed by atoms with E-state index in [4.69, 9.17) is 23.8 Å².